The van der Waals surface area contributed by atoms with E-state index in [0.29, 0.717) is 38.1 Å². The highest BCUT2D eigenvalue weighted by molar-refractivity contribution is 7.54. The van der Waals surface area contributed by atoms with Crippen molar-refractivity contribution >= 4 is 39.1 Å². The predicted octanol–water partition coefficient (Wildman–Crippen LogP) is 2.54. The highest BCUT2D eigenvalue weighted by Gasteiger charge is 2.32. The summed E-state index contributed by atoms with van der Waals surface area (Å²) in [5.41, 5.74) is 0. The van der Waals surface area contributed by atoms with E-state index in [1.165, 1.54) is 0 Å². The van der Waals surface area contributed by atoms with Gasteiger partial charge in [-0.15, -0.1) is 27.7 Å². The zero-order valence-corrected chi connectivity index (χ0v) is 15.1. The maximum absolute atomic E-state index is 12.2. The van der Waals surface area contributed by atoms with Crippen LogP contribution in [-0.4, -0.2) is 55.8 Å². The third kappa shape index (κ3) is 7.69. The van der Waals surface area contributed by atoms with Gasteiger partial charge in [-0.1, -0.05) is 5.09 Å². The summed E-state index contributed by atoms with van der Waals surface area (Å²) < 4.78 is 34.1. The molecule has 2 rings (SSSR count). The van der Waals surface area contributed by atoms with Gasteiger partial charge in [0.05, 0.1) is 6.61 Å². The van der Waals surface area contributed by atoms with E-state index in [1.54, 1.807) is 4.67 Å². The van der Waals surface area contributed by atoms with Gasteiger partial charge in [-0.05, 0) is 17.4 Å². The molecule has 2 atom stereocenters. The van der Waals surface area contributed by atoms with Crippen LogP contribution >= 0.6 is 39.1 Å². The van der Waals surface area contributed by atoms with Crippen LogP contribution in [0.5, 0.6) is 0 Å². The number of alkyl halides is 2. The molecule has 0 aromatic rings. The highest BCUT2D eigenvalue weighted by Crippen LogP contribution is 2.48. The molecular formula is C10H22Cl2N3O4P2+. The minimum Gasteiger partial charge on any atom is -0.306 e. The summed E-state index contributed by atoms with van der Waals surface area (Å²) in [7, 11) is -4.33. The van der Waals surface area contributed by atoms with Crippen LogP contribution < -0.4 is 10.2 Å². The summed E-state index contributed by atoms with van der Waals surface area (Å²) in [5, 5.41) is 5.58. The topological polar surface area (TPSA) is 79.9 Å². The van der Waals surface area contributed by atoms with Gasteiger partial charge in [0.25, 0.3) is 0 Å². The SMILES string of the molecule is O=P1(N(CCCl)CCCl)NCCCO1.O=[P+]1NCCCO1. The van der Waals surface area contributed by atoms with E-state index in [1.807, 2.05) is 0 Å². The molecule has 2 aliphatic heterocycles. The first-order chi connectivity index (χ1) is 10.1. The molecule has 0 aromatic heterocycles. The monoisotopic (exact) mass is 380 g/mol. The van der Waals surface area contributed by atoms with E-state index < -0.39 is 15.8 Å². The third-order valence-electron chi connectivity index (χ3n) is 2.73. The molecule has 2 N–H and O–H groups in total. The molecule has 2 aliphatic rings. The molecule has 0 bridgehead atoms. The van der Waals surface area contributed by atoms with Crippen LogP contribution in [0, 0.1) is 0 Å². The van der Waals surface area contributed by atoms with Crippen LogP contribution in [0.15, 0.2) is 0 Å². The molecule has 124 valence electrons. The smallest absolute Gasteiger partial charge is 0.306 e. The number of hydrogen-bond donors (Lipinski definition) is 2. The fraction of sp³-hybridized carbons (Fsp3) is 1.00. The van der Waals surface area contributed by atoms with Gasteiger partial charge in [-0.3, -0.25) is 4.57 Å². The summed E-state index contributed by atoms with van der Waals surface area (Å²) in [4.78, 5) is 0. The van der Waals surface area contributed by atoms with E-state index in [9.17, 15) is 9.13 Å². The zero-order chi connectivity index (χ0) is 15.6. The molecule has 0 aliphatic carbocycles. The number of nitrogens with one attached hydrogen (secondary N) is 2. The van der Waals surface area contributed by atoms with Crippen LogP contribution in [0.2, 0.25) is 0 Å². The van der Waals surface area contributed by atoms with Crippen LogP contribution in [-0.2, 0) is 18.2 Å². The first-order valence-corrected chi connectivity index (χ1v) is 10.7. The van der Waals surface area contributed by atoms with Crippen molar-refractivity contribution in [2.24, 2.45) is 0 Å². The highest BCUT2D eigenvalue weighted by atomic mass is 35.5. The van der Waals surface area contributed by atoms with E-state index >= 15 is 0 Å². The minimum atomic E-state index is -2.84. The molecule has 2 unspecified atom stereocenters. The Balaban J connectivity index is 0.000000262. The van der Waals surface area contributed by atoms with Crippen molar-refractivity contribution in [1.29, 1.82) is 0 Å². The molecular weight excluding hydrogens is 359 g/mol. The van der Waals surface area contributed by atoms with E-state index in [4.69, 9.17) is 27.7 Å². The number of halogens is 2. The lowest BCUT2D eigenvalue weighted by Crippen LogP contribution is -2.35. The Bertz CT molecular complexity index is 341. The number of rotatable bonds is 5. The Kier molecular flexibility index (Phi) is 10.6. The summed E-state index contributed by atoms with van der Waals surface area (Å²) in [6.45, 7) is 3.78. The lowest BCUT2D eigenvalue weighted by molar-refractivity contribution is 0.233. The van der Waals surface area contributed by atoms with Crippen LogP contribution in [0.1, 0.15) is 12.8 Å². The first-order valence-electron chi connectivity index (χ1n) is 6.83. The van der Waals surface area contributed by atoms with Crippen molar-refractivity contribution in [3.8, 4) is 0 Å². The van der Waals surface area contributed by atoms with Crippen LogP contribution in [0.4, 0.5) is 0 Å². The second kappa shape index (κ2) is 11.3. The number of nitrogens with zero attached hydrogens (tertiary/aromatic N) is 1. The normalized spacial score (nSPS) is 28.0. The summed E-state index contributed by atoms with van der Waals surface area (Å²) in [6, 6.07) is 0. The fourth-order valence-electron chi connectivity index (χ4n) is 1.71. The van der Waals surface area contributed by atoms with Crippen molar-refractivity contribution in [2.75, 3.05) is 51.2 Å². The average molecular weight is 381 g/mol. The Labute approximate surface area is 136 Å². The molecule has 0 radical (unpaired) electrons. The Hall–Kier alpha value is 0.710. The molecule has 0 aromatic carbocycles. The Morgan fingerprint density at radius 2 is 1.81 bits per heavy atom. The third-order valence-corrected chi connectivity index (χ3v) is 6.26. The zero-order valence-electron chi connectivity index (χ0n) is 11.8. The van der Waals surface area contributed by atoms with Crippen molar-refractivity contribution in [3.05, 3.63) is 0 Å². The molecule has 7 nitrogen and oxygen atoms in total. The minimum absolute atomic E-state index is 0.423. The molecule has 11 heteroatoms. The fourth-order valence-corrected chi connectivity index (χ4v) is 5.08. The average Bonchev–Trinajstić information content (AvgIpc) is 2.49. The van der Waals surface area contributed by atoms with Crippen molar-refractivity contribution in [3.63, 3.8) is 0 Å². The van der Waals surface area contributed by atoms with Gasteiger partial charge >= 0.3 is 15.8 Å². The van der Waals surface area contributed by atoms with Crippen LogP contribution in [0.25, 0.3) is 0 Å². The lowest BCUT2D eigenvalue weighted by atomic mass is 10.5. The first kappa shape index (κ1) is 19.8. The van der Waals surface area contributed by atoms with Gasteiger partial charge in [-0.2, -0.15) is 0 Å². The standard InChI is InChI=1S/C7H15Cl2N2O2P.C3H7NO2P/c8-2-5-11(6-3-9)14(12)10-4-1-7-13-14;5-7-4-2-1-3-6-7/h1-7H2,(H,10,12);1-3H2,(H,4,5)/q;+1. The van der Waals surface area contributed by atoms with Crippen molar-refractivity contribution in [1.82, 2.24) is 14.8 Å². The quantitative estimate of drug-likeness (QED) is 0.560. The van der Waals surface area contributed by atoms with Gasteiger partial charge in [0.1, 0.15) is 6.61 Å². The molecule has 0 saturated carbocycles. The maximum Gasteiger partial charge on any atom is 0.612 e. The number of hydrogen-bond acceptors (Lipinski definition) is 4. The van der Waals surface area contributed by atoms with E-state index in [-0.39, 0.29) is 0 Å². The van der Waals surface area contributed by atoms with Crippen molar-refractivity contribution < 1.29 is 18.2 Å². The molecule has 2 saturated heterocycles. The molecule has 0 spiro atoms. The summed E-state index contributed by atoms with van der Waals surface area (Å²) in [6.07, 6.45) is 1.86. The molecule has 2 heterocycles. The van der Waals surface area contributed by atoms with Gasteiger partial charge in [0, 0.05) is 37.9 Å². The van der Waals surface area contributed by atoms with Gasteiger partial charge in [0.15, 0.2) is 0 Å². The summed E-state index contributed by atoms with van der Waals surface area (Å²) >= 11 is 11.2. The van der Waals surface area contributed by atoms with Crippen molar-refractivity contribution in [2.45, 2.75) is 12.8 Å². The molecule has 21 heavy (non-hydrogen) atoms. The largest absolute Gasteiger partial charge is 0.612 e. The Morgan fingerprint density at radius 3 is 2.19 bits per heavy atom. The van der Waals surface area contributed by atoms with E-state index in [0.717, 1.165) is 25.9 Å². The predicted molar refractivity (Wildman–Crippen MR) is 85.4 cm³/mol. The lowest BCUT2D eigenvalue weighted by Gasteiger charge is -2.33. The van der Waals surface area contributed by atoms with Crippen LogP contribution in [0.3, 0.4) is 0 Å². The molecule has 0 amide bonds. The van der Waals surface area contributed by atoms with Gasteiger partial charge < -0.3 is 4.52 Å². The second-order valence-electron chi connectivity index (χ2n) is 4.30. The van der Waals surface area contributed by atoms with E-state index in [2.05, 4.69) is 14.7 Å². The van der Waals surface area contributed by atoms with Gasteiger partial charge in [0.2, 0.25) is 0 Å². The molecule has 2 fully saturated rings. The summed E-state index contributed by atoms with van der Waals surface area (Å²) in [5.74, 6) is 0.845. The maximum atomic E-state index is 12.2. The van der Waals surface area contributed by atoms with Gasteiger partial charge in [-0.25, -0.2) is 9.76 Å². The second-order valence-corrected chi connectivity index (χ2v) is 8.32. The Morgan fingerprint density at radius 1 is 1.14 bits per heavy atom.